The van der Waals surface area contributed by atoms with Crippen molar-refractivity contribution in [3.63, 3.8) is 0 Å². The Morgan fingerprint density at radius 3 is 2.15 bits per heavy atom. The average Bonchev–Trinajstić information content (AvgIpc) is 2.96. The van der Waals surface area contributed by atoms with Crippen LogP contribution in [0.15, 0.2) is 84.0 Å². The average molecular weight is 527 g/mol. The highest BCUT2D eigenvalue weighted by molar-refractivity contribution is 5.97. The second kappa shape index (κ2) is 14.6. The largest absolute Gasteiger partial charge is 0.338 e. The molecule has 6 N–H and O–H groups in total. The highest BCUT2D eigenvalue weighted by atomic mass is 16.5. The second-order valence-corrected chi connectivity index (χ2v) is 8.43. The summed E-state index contributed by atoms with van der Waals surface area (Å²) in [6, 6.07) is 21.3. The van der Waals surface area contributed by atoms with Crippen molar-refractivity contribution < 1.29 is 19.6 Å². The van der Waals surface area contributed by atoms with Crippen molar-refractivity contribution in [3.05, 3.63) is 101 Å². The lowest BCUT2D eigenvalue weighted by molar-refractivity contribution is -0.131. The topological polar surface area (TPSA) is 170 Å². The third-order valence-electron chi connectivity index (χ3n) is 5.53. The zero-order valence-corrected chi connectivity index (χ0v) is 21.1. The number of carbonyl (C=O) groups excluding carboxylic acids is 3. The number of hydrogen-bond donors (Lipinski definition) is 6. The Hall–Kier alpha value is -5.14. The van der Waals surface area contributed by atoms with Gasteiger partial charge in [0.15, 0.2) is 6.04 Å². The van der Waals surface area contributed by atoms with Crippen LogP contribution in [0.5, 0.6) is 0 Å². The van der Waals surface area contributed by atoms with Gasteiger partial charge in [-0.1, -0.05) is 42.2 Å². The number of carbonyl (C=O) groups is 3. The molecule has 0 bridgehead atoms. The quantitative estimate of drug-likeness (QED) is 0.0782. The summed E-state index contributed by atoms with van der Waals surface area (Å²) >= 11 is 0. The summed E-state index contributed by atoms with van der Waals surface area (Å²) in [5.74, 6) is 4.45. The molecule has 0 saturated heterocycles. The maximum absolute atomic E-state index is 12.5. The monoisotopic (exact) mass is 526 g/mol. The molecular formula is C28H28N7O4+. The Morgan fingerprint density at radius 2 is 1.56 bits per heavy atom. The number of anilines is 1. The van der Waals surface area contributed by atoms with Crippen molar-refractivity contribution in [1.29, 1.82) is 5.53 Å². The predicted octanol–water partition coefficient (Wildman–Crippen LogP) is 2.36. The van der Waals surface area contributed by atoms with Gasteiger partial charge in [-0.3, -0.25) is 19.6 Å². The van der Waals surface area contributed by atoms with E-state index in [1.54, 1.807) is 48.5 Å². The van der Waals surface area contributed by atoms with E-state index in [9.17, 15) is 14.4 Å². The number of rotatable bonds is 10. The summed E-state index contributed by atoms with van der Waals surface area (Å²) in [6.07, 6.45) is 0. The number of nitrogens with zero attached hydrogens (tertiary/aromatic N) is 2. The highest BCUT2D eigenvalue weighted by Crippen LogP contribution is 2.10. The van der Waals surface area contributed by atoms with Gasteiger partial charge in [0.25, 0.3) is 11.8 Å². The van der Waals surface area contributed by atoms with E-state index in [1.165, 1.54) is 12.4 Å². The molecule has 0 aliphatic carbocycles. The van der Waals surface area contributed by atoms with Crippen LogP contribution in [0.3, 0.4) is 0 Å². The van der Waals surface area contributed by atoms with Gasteiger partial charge in [-0.2, -0.15) is 0 Å². The van der Waals surface area contributed by atoms with E-state index in [0.29, 0.717) is 17.8 Å². The maximum Gasteiger partial charge on any atom is 0.268 e. The van der Waals surface area contributed by atoms with Crippen LogP contribution in [0.25, 0.3) is 0 Å². The van der Waals surface area contributed by atoms with E-state index in [0.717, 1.165) is 11.1 Å². The predicted molar refractivity (Wildman–Crippen MR) is 144 cm³/mol. The lowest BCUT2D eigenvalue weighted by Crippen LogP contribution is -2.51. The van der Waals surface area contributed by atoms with Gasteiger partial charge in [0.1, 0.15) is 16.7 Å². The minimum absolute atomic E-state index is 0.146. The molecule has 39 heavy (non-hydrogen) atoms. The molecule has 11 heteroatoms. The van der Waals surface area contributed by atoms with Gasteiger partial charge in [0, 0.05) is 28.9 Å². The van der Waals surface area contributed by atoms with Gasteiger partial charge in [0.2, 0.25) is 10.8 Å². The van der Waals surface area contributed by atoms with Gasteiger partial charge >= 0.3 is 0 Å². The fourth-order valence-electron chi connectivity index (χ4n) is 3.46. The van der Waals surface area contributed by atoms with Crippen LogP contribution in [0, 0.1) is 17.4 Å². The van der Waals surface area contributed by atoms with Crippen molar-refractivity contribution in [1.82, 2.24) is 21.0 Å². The molecule has 3 aromatic rings. The van der Waals surface area contributed by atoms with Crippen LogP contribution in [0.1, 0.15) is 34.0 Å². The first-order valence-corrected chi connectivity index (χ1v) is 12.0. The zero-order valence-electron chi connectivity index (χ0n) is 21.1. The molecular weight excluding hydrogens is 498 g/mol. The van der Waals surface area contributed by atoms with E-state index in [2.05, 4.69) is 37.8 Å². The molecule has 0 spiro atoms. The van der Waals surface area contributed by atoms with E-state index >= 15 is 0 Å². The summed E-state index contributed by atoms with van der Waals surface area (Å²) < 4.78 is 0. The molecule has 2 atom stereocenters. The first-order valence-electron chi connectivity index (χ1n) is 12.0. The van der Waals surface area contributed by atoms with Crippen LogP contribution >= 0.6 is 0 Å². The number of nitrogens with one attached hydrogen (secondary N) is 5. The highest BCUT2D eigenvalue weighted by Gasteiger charge is 2.30. The molecule has 0 aliphatic rings. The molecule has 0 radical (unpaired) electrons. The first-order chi connectivity index (χ1) is 18.9. The molecule has 3 rings (SSSR count). The molecule has 0 saturated carbocycles. The minimum Gasteiger partial charge on any atom is -0.338 e. The first kappa shape index (κ1) is 28.4. The molecule has 0 unspecified atom stereocenters. The Labute approximate surface area is 225 Å². The number of hydroxylamine groups is 1. The Kier molecular flexibility index (Phi) is 10.6. The summed E-state index contributed by atoms with van der Waals surface area (Å²) in [5.41, 5.74) is 11.7. The van der Waals surface area contributed by atoms with Crippen molar-refractivity contribution in [2.45, 2.75) is 25.6 Å². The van der Waals surface area contributed by atoms with Crippen LogP contribution < -0.4 is 26.3 Å². The van der Waals surface area contributed by atoms with Gasteiger partial charge in [-0.05, 0) is 61.0 Å². The maximum atomic E-state index is 12.5. The SMILES string of the molecule is C[C@@H](N=[N+]=N)[C@H](NC(=O)c1ccc(C#Cc2ccc(NC(=O)CNCc3ccccc3)cc2)cc1)C(=O)NO. The molecule has 11 nitrogen and oxygen atoms in total. The van der Waals surface area contributed by atoms with Crippen LogP contribution in [-0.2, 0) is 16.1 Å². The Balaban J connectivity index is 1.53. The lowest BCUT2D eigenvalue weighted by atomic mass is 10.1. The van der Waals surface area contributed by atoms with Crippen LogP contribution in [0.2, 0.25) is 0 Å². The minimum atomic E-state index is -1.21. The lowest BCUT2D eigenvalue weighted by Gasteiger charge is -2.16. The number of benzene rings is 3. The van der Waals surface area contributed by atoms with Gasteiger partial charge < -0.3 is 16.0 Å². The standard InChI is InChI=1S/C28H27N7O4/c1-19(33-35-29)26(28(38)34-39)32-27(37)23-13-9-20(10-14-23)7-8-21-11-15-24(16-12-21)31-25(36)18-30-17-22-5-3-2-4-6-22/h2-6,9-16,19,26,29-30H,17-18H2,1H3,(H3-,31,32,34,36,37,38,39)/p+1/t19-,26+/m1/s1. The smallest absolute Gasteiger partial charge is 0.268 e. The third kappa shape index (κ3) is 9.03. The summed E-state index contributed by atoms with van der Waals surface area (Å²) in [4.78, 5) is 39.4. The van der Waals surface area contributed by atoms with E-state index in [1.807, 2.05) is 30.3 Å². The number of hydrogen-bond acceptors (Lipinski definition) is 7. The Morgan fingerprint density at radius 1 is 0.949 bits per heavy atom. The zero-order chi connectivity index (χ0) is 28.0. The van der Waals surface area contributed by atoms with Crippen molar-refractivity contribution in [2.75, 3.05) is 11.9 Å². The normalized spacial score (nSPS) is 11.5. The molecule has 198 valence electrons. The summed E-state index contributed by atoms with van der Waals surface area (Å²) in [7, 11) is 0. The van der Waals surface area contributed by atoms with Gasteiger partial charge in [-0.25, -0.2) is 5.48 Å². The third-order valence-corrected chi connectivity index (χ3v) is 5.53. The van der Waals surface area contributed by atoms with Gasteiger partial charge in [0.05, 0.1) is 6.54 Å². The number of amides is 3. The van der Waals surface area contributed by atoms with Crippen molar-refractivity contribution in [3.8, 4) is 11.8 Å². The van der Waals surface area contributed by atoms with Crippen molar-refractivity contribution >= 4 is 23.4 Å². The molecule has 0 aliphatic heterocycles. The molecule has 3 aromatic carbocycles. The fourth-order valence-corrected chi connectivity index (χ4v) is 3.46. The Bertz CT molecular complexity index is 1390. The molecule has 0 aromatic heterocycles. The molecule has 0 fully saturated rings. The van der Waals surface area contributed by atoms with E-state index in [4.69, 9.17) is 10.7 Å². The van der Waals surface area contributed by atoms with Crippen LogP contribution in [0.4, 0.5) is 5.69 Å². The summed E-state index contributed by atoms with van der Waals surface area (Å²) in [6.45, 7) is 2.27. The molecule has 0 heterocycles. The van der Waals surface area contributed by atoms with Gasteiger partial charge in [-0.15, -0.1) is 0 Å². The van der Waals surface area contributed by atoms with Crippen LogP contribution in [-0.4, -0.2) is 41.6 Å². The molecule has 3 amide bonds. The van der Waals surface area contributed by atoms with E-state index in [-0.39, 0.29) is 18.0 Å². The summed E-state index contributed by atoms with van der Waals surface area (Å²) in [5, 5.41) is 20.8. The van der Waals surface area contributed by atoms with E-state index < -0.39 is 23.9 Å². The fraction of sp³-hybridized carbons (Fsp3) is 0.179. The second-order valence-electron chi connectivity index (χ2n) is 8.43. The van der Waals surface area contributed by atoms with Crippen molar-refractivity contribution in [2.24, 2.45) is 5.11 Å².